The van der Waals surface area contributed by atoms with E-state index in [2.05, 4.69) is 10.5 Å². The second kappa shape index (κ2) is 9.13. The molecule has 0 unspecified atom stereocenters. The summed E-state index contributed by atoms with van der Waals surface area (Å²) in [6.07, 6.45) is 1.34. The van der Waals surface area contributed by atoms with Crippen LogP contribution in [0, 0.1) is 5.82 Å². The third-order valence-electron chi connectivity index (χ3n) is 3.62. The lowest BCUT2D eigenvalue weighted by atomic mass is 10.2. The van der Waals surface area contributed by atoms with Gasteiger partial charge in [-0.25, -0.2) is 18.2 Å². The third-order valence-corrected chi connectivity index (χ3v) is 5.36. The summed E-state index contributed by atoms with van der Waals surface area (Å²) in [7, 11) is -2.17. The third kappa shape index (κ3) is 5.78. The van der Waals surface area contributed by atoms with E-state index in [1.807, 2.05) is 0 Å². The second-order valence-corrected chi connectivity index (χ2v) is 7.63. The Morgan fingerprint density at radius 1 is 1.19 bits per heavy atom. The summed E-state index contributed by atoms with van der Waals surface area (Å²) in [5.41, 5.74) is 3.20. The summed E-state index contributed by atoms with van der Waals surface area (Å²) in [6.45, 7) is 1.07. The van der Waals surface area contributed by atoms with Gasteiger partial charge in [0.2, 0.25) is 10.0 Å². The van der Waals surface area contributed by atoms with Crippen molar-refractivity contribution in [1.82, 2.24) is 5.43 Å². The number of rotatable bonds is 8. The zero-order valence-corrected chi connectivity index (χ0v) is 15.7. The molecule has 0 aromatic heterocycles. The molecule has 0 saturated carbocycles. The molecular formula is C18H20FN3O4S. The number of hydrogen-bond donors (Lipinski definition) is 1. The number of nitrogens with zero attached hydrogens (tertiary/aromatic N) is 2. The lowest BCUT2D eigenvalue weighted by molar-refractivity contribution is -0.119. The van der Waals surface area contributed by atoms with E-state index in [1.54, 1.807) is 24.3 Å². The van der Waals surface area contributed by atoms with Gasteiger partial charge in [0, 0.05) is 0 Å². The van der Waals surface area contributed by atoms with Gasteiger partial charge in [-0.05, 0) is 48.9 Å². The fourth-order valence-corrected chi connectivity index (χ4v) is 3.22. The van der Waals surface area contributed by atoms with E-state index in [0.29, 0.717) is 17.0 Å². The molecule has 0 aliphatic carbocycles. The monoisotopic (exact) mass is 393 g/mol. The molecule has 0 heterocycles. The standard InChI is InChI=1S/C18H20FN3O4S/c1-3-27(24,25)22(16-8-10-17(26-2)11-9-16)13-18(23)21-20-12-14-4-6-15(19)7-5-14/h4-12H,3,13H2,1-2H3,(H,21,23)/b20-12-. The first-order valence-electron chi connectivity index (χ1n) is 8.07. The van der Waals surface area contributed by atoms with Crippen molar-refractivity contribution in [1.29, 1.82) is 0 Å². The number of amides is 1. The minimum absolute atomic E-state index is 0.162. The average Bonchev–Trinajstić information content (AvgIpc) is 2.67. The fraction of sp³-hybridized carbons (Fsp3) is 0.222. The van der Waals surface area contributed by atoms with Gasteiger partial charge in [-0.2, -0.15) is 5.10 Å². The van der Waals surface area contributed by atoms with Crippen molar-refractivity contribution in [3.05, 3.63) is 59.9 Å². The van der Waals surface area contributed by atoms with Crippen LogP contribution in [0.3, 0.4) is 0 Å². The Morgan fingerprint density at radius 3 is 2.37 bits per heavy atom. The second-order valence-electron chi connectivity index (χ2n) is 5.45. The minimum atomic E-state index is -3.67. The molecule has 1 N–H and O–H groups in total. The van der Waals surface area contributed by atoms with Crippen LogP contribution in [0.5, 0.6) is 5.75 Å². The van der Waals surface area contributed by atoms with Gasteiger partial charge < -0.3 is 4.74 Å². The van der Waals surface area contributed by atoms with Crippen molar-refractivity contribution < 1.29 is 22.3 Å². The van der Waals surface area contributed by atoms with Gasteiger partial charge in [0.1, 0.15) is 18.1 Å². The molecule has 2 aromatic rings. The largest absolute Gasteiger partial charge is 0.497 e. The molecule has 0 radical (unpaired) electrons. The van der Waals surface area contributed by atoms with Crippen LogP contribution in [0.4, 0.5) is 10.1 Å². The molecule has 0 aliphatic heterocycles. The van der Waals surface area contributed by atoms with Crippen molar-refractivity contribution in [2.24, 2.45) is 5.10 Å². The van der Waals surface area contributed by atoms with Crippen molar-refractivity contribution in [2.75, 3.05) is 23.7 Å². The Balaban J connectivity index is 2.09. The maximum Gasteiger partial charge on any atom is 0.260 e. The van der Waals surface area contributed by atoms with E-state index in [4.69, 9.17) is 4.74 Å². The molecule has 0 saturated heterocycles. The highest BCUT2D eigenvalue weighted by Gasteiger charge is 2.23. The van der Waals surface area contributed by atoms with Crippen LogP contribution >= 0.6 is 0 Å². The summed E-state index contributed by atoms with van der Waals surface area (Å²) in [5.74, 6) is -0.580. The zero-order valence-electron chi connectivity index (χ0n) is 14.9. The van der Waals surface area contributed by atoms with Crippen LogP contribution in [0.25, 0.3) is 0 Å². The lowest BCUT2D eigenvalue weighted by Crippen LogP contribution is -2.40. The number of hydrazone groups is 1. The highest BCUT2D eigenvalue weighted by atomic mass is 32.2. The molecule has 0 fully saturated rings. The van der Waals surface area contributed by atoms with E-state index >= 15 is 0 Å². The molecule has 2 aromatic carbocycles. The summed E-state index contributed by atoms with van der Waals surface area (Å²) in [6, 6.07) is 11.9. The molecule has 144 valence electrons. The number of benzene rings is 2. The van der Waals surface area contributed by atoms with E-state index in [0.717, 1.165) is 4.31 Å². The van der Waals surface area contributed by atoms with Crippen LogP contribution in [-0.2, 0) is 14.8 Å². The molecule has 27 heavy (non-hydrogen) atoms. The van der Waals surface area contributed by atoms with E-state index in [1.165, 1.54) is 44.5 Å². The Hall–Kier alpha value is -2.94. The normalized spacial score (nSPS) is 11.4. The number of sulfonamides is 1. The predicted octanol–water partition coefficient (Wildman–Crippen LogP) is 2.14. The number of nitrogens with one attached hydrogen (secondary N) is 1. The van der Waals surface area contributed by atoms with Crippen LogP contribution < -0.4 is 14.5 Å². The van der Waals surface area contributed by atoms with Gasteiger partial charge in [0.25, 0.3) is 5.91 Å². The highest BCUT2D eigenvalue weighted by molar-refractivity contribution is 7.92. The Labute approximate surface area is 157 Å². The van der Waals surface area contributed by atoms with E-state index in [9.17, 15) is 17.6 Å². The molecule has 0 aliphatic rings. The van der Waals surface area contributed by atoms with Crippen molar-refractivity contribution in [3.8, 4) is 5.75 Å². The molecule has 7 nitrogen and oxygen atoms in total. The molecule has 0 atom stereocenters. The molecule has 2 rings (SSSR count). The van der Waals surface area contributed by atoms with Gasteiger partial charge in [-0.15, -0.1) is 0 Å². The lowest BCUT2D eigenvalue weighted by Gasteiger charge is -2.23. The number of ether oxygens (including phenoxy) is 1. The quantitative estimate of drug-likeness (QED) is 0.550. The molecule has 9 heteroatoms. The molecular weight excluding hydrogens is 373 g/mol. The first-order valence-corrected chi connectivity index (χ1v) is 9.68. The summed E-state index contributed by atoms with van der Waals surface area (Å²) >= 11 is 0. The highest BCUT2D eigenvalue weighted by Crippen LogP contribution is 2.21. The molecule has 1 amide bonds. The zero-order chi connectivity index (χ0) is 19.9. The molecule has 0 bridgehead atoms. The summed E-state index contributed by atoms with van der Waals surface area (Å²) in [5, 5.41) is 3.76. The number of anilines is 1. The Bertz CT molecular complexity index is 897. The SMILES string of the molecule is CCS(=O)(=O)N(CC(=O)N/N=C\c1ccc(F)cc1)c1ccc(OC)cc1. The number of carbonyl (C=O) groups is 1. The number of methoxy groups -OCH3 is 1. The number of carbonyl (C=O) groups excluding carboxylic acids is 1. The van der Waals surface area contributed by atoms with Gasteiger partial charge in [0.05, 0.1) is 24.8 Å². The summed E-state index contributed by atoms with van der Waals surface area (Å²) < 4.78 is 43.6. The predicted molar refractivity (Wildman–Crippen MR) is 102 cm³/mol. The minimum Gasteiger partial charge on any atom is -0.497 e. The molecule has 0 spiro atoms. The van der Waals surface area contributed by atoms with E-state index < -0.39 is 22.5 Å². The van der Waals surface area contributed by atoms with Crippen LogP contribution in [0.1, 0.15) is 12.5 Å². The summed E-state index contributed by atoms with van der Waals surface area (Å²) in [4.78, 5) is 12.1. The van der Waals surface area contributed by atoms with Gasteiger partial charge in [-0.3, -0.25) is 9.10 Å². The van der Waals surface area contributed by atoms with Crippen LogP contribution in [-0.4, -0.2) is 39.9 Å². The van der Waals surface area contributed by atoms with Gasteiger partial charge in [0.15, 0.2) is 0 Å². The van der Waals surface area contributed by atoms with Gasteiger partial charge >= 0.3 is 0 Å². The smallest absolute Gasteiger partial charge is 0.260 e. The van der Waals surface area contributed by atoms with Gasteiger partial charge in [-0.1, -0.05) is 12.1 Å². The van der Waals surface area contributed by atoms with E-state index in [-0.39, 0.29) is 11.6 Å². The Kier molecular flexibility index (Phi) is 6.89. The fourth-order valence-electron chi connectivity index (χ4n) is 2.15. The van der Waals surface area contributed by atoms with Crippen molar-refractivity contribution in [3.63, 3.8) is 0 Å². The van der Waals surface area contributed by atoms with Crippen LogP contribution in [0.2, 0.25) is 0 Å². The average molecular weight is 393 g/mol. The maximum absolute atomic E-state index is 12.9. The topological polar surface area (TPSA) is 88.1 Å². The Morgan fingerprint density at radius 2 is 1.81 bits per heavy atom. The first-order chi connectivity index (χ1) is 12.9. The number of hydrogen-bond acceptors (Lipinski definition) is 5. The van der Waals surface area contributed by atoms with Crippen molar-refractivity contribution in [2.45, 2.75) is 6.92 Å². The number of halogens is 1. The van der Waals surface area contributed by atoms with Crippen LogP contribution in [0.15, 0.2) is 53.6 Å². The van der Waals surface area contributed by atoms with Crippen molar-refractivity contribution >= 4 is 27.8 Å². The first kappa shape index (κ1) is 20.4. The maximum atomic E-state index is 12.9.